The van der Waals surface area contributed by atoms with Gasteiger partial charge in [0.25, 0.3) is 5.91 Å². The van der Waals surface area contributed by atoms with E-state index in [2.05, 4.69) is 5.32 Å². The summed E-state index contributed by atoms with van der Waals surface area (Å²) in [7, 11) is 0. The Hall–Kier alpha value is -3.03. The molecule has 130 valence electrons. The molecule has 0 atom stereocenters. The van der Waals surface area contributed by atoms with E-state index in [0.29, 0.717) is 11.4 Å². The van der Waals surface area contributed by atoms with E-state index in [9.17, 15) is 22.8 Å². The van der Waals surface area contributed by atoms with Gasteiger partial charge in [0.05, 0.1) is 16.9 Å². The smallest absolute Gasteiger partial charge is 0.419 e. The largest absolute Gasteiger partial charge is 0.483 e. The molecule has 1 aliphatic heterocycles. The van der Waals surface area contributed by atoms with Crippen LogP contribution in [-0.2, 0) is 15.8 Å². The molecule has 0 saturated carbocycles. The van der Waals surface area contributed by atoms with E-state index in [0.717, 1.165) is 12.1 Å². The standard InChI is InChI=1S/C17H13F3N2O3/c18-17(19,20)11-5-1-4-8-14(11)25-10-16(24)22-9-15(23)21-12-6-2-3-7-13(12)22/h1-8H,9-10H2,(H,21,23). The van der Waals surface area contributed by atoms with Crippen molar-refractivity contribution in [3.05, 3.63) is 54.1 Å². The van der Waals surface area contributed by atoms with Crippen LogP contribution < -0.4 is 15.0 Å². The minimum Gasteiger partial charge on any atom is -0.483 e. The number of anilines is 2. The van der Waals surface area contributed by atoms with Crippen molar-refractivity contribution in [2.24, 2.45) is 0 Å². The number of fused-ring (bicyclic) bond motifs is 1. The van der Waals surface area contributed by atoms with Crippen LogP contribution in [0, 0.1) is 0 Å². The fourth-order valence-corrected chi connectivity index (χ4v) is 2.50. The maximum absolute atomic E-state index is 12.9. The molecule has 2 aromatic carbocycles. The third-order valence-electron chi connectivity index (χ3n) is 3.62. The first kappa shape index (κ1) is 16.8. The first-order chi connectivity index (χ1) is 11.9. The third-order valence-corrected chi connectivity index (χ3v) is 3.62. The molecule has 8 heteroatoms. The van der Waals surface area contributed by atoms with Crippen LogP contribution in [0.2, 0.25) is 0 Å². The van der Waals surface area contributed by atoms with Gasteiger partial charge in [0.15, 0.2) is 6.61 Å². The second-order valence-electron chi connectivity index (χ2n) is 5.33. The molecule has 0 radical (unpaired) electrons. The van der Waals surface area contributed by atoms with Crippen molar-refractivity contribution in [3.8, 4) is 5.75 Å². The predicted molar refractivity (Wildman–Crippen MR) is 84.4 cm³/mol. The summed E-state index contributed by atoms with van der Waals surface area (Å²) in [5.74, 6) is -1.43. The van der Waals surface area contributed by atoms with Gasteiger partial charge in [-0.25, -0.2) is 0 Å². The monoisotopic (exact) mass is 350 g/mol. The summed E-state index contributed by atoms with van der Waals surface area (Å²) in [5, 5.41) is 2.63. The Morgan fingerprint density at radius 2 is 1.80 bits per heavy atom. The van der Waals surface area contributed by atoms with Gasteiger partial charge in [-0.3, -0.25) is 14.5 Å². The number of benzene rings is 2. The lowest BCUT2D eigenvalue weighted by Gasteiger charge is -2.29. The Balaban J connectivity index is 1.78. The predicted octanol–water partition coefficient (Wildman–Crippen LogP) is 3.07. The Bertz CT molecular complexity index is 821. The summed E-state index contributed by atoms with van der Waals surface area (Å²) in [4.78, 5) is 25.3. The van der Waals surface area contributed by atoms with E-state index in [1.807, 2.05) is 0 Å². The van der Waals surface area contributed by atoms with E-state index in [1.165, 1.54) is 17.0 Å². The number of hydrogen-bond donors (Lipinski definition) is 1. The molecule has 2 aromatic rings. The maximum atomic E-state index is 12.9. The average Bonchev–Trinajstić information content (AvgIpc) is 2.58. The second kappa shape index (κ2) is 6.46. The minimum atomic E-state index is -4.59. The van der Waals surface area contributed by atoms with Gasteiger partial charge in [0, 0.05) is 0 Å². The van der Waals surface area contributed by atoms with Crippen LogP contribution in [0.4, 0.5) is 24.5 Å². The number of alkyl halides is 3. The SMILES string of the molecule is O=C1CN(C(=O)COc2ccccc2C(F)(F)F)c2ccccc2N1. The van der Waals surface area contributed by atoms with Gasteiger partial charge in [0.2, 0.25) is 5.91 Å². The molecule has 3 rings (SSSR count). The van der Waals surface area contributed by atoms with Gasteiger partial charge >= 0.3 is 6.18 Å². The van der Waals surface area contributed by atoms with Gasteiger partial charge in [-0.2, -0.15) is 13.2 Å². The van der Waals surface area contributed by atoms with Crippen LogP contribution in [0.25, 0.3) is 0 Å². The second-order valence-corrected chi connectivity index (χ2v) is 5.33. The quantitative estimate of drug-likeness (QED) is 0.926. The zero-order valence-corrected chi connectivity index (χ0v) is 12.8. The number of carbonyl (C=O) groups excluding carboxylic acids is 2. The molecule has 1 heterocycles. The summed E-state index contributed by atoms with van der Waals surface area (Å²) in [6.07, 6.45) is -4.59. The molecule has 25 heavy (non-hydrogen) atoms. The lowest BCUT2D eigenvalue weighted by atomic mass is 10.2. The molecule has 1 N–H and O–H groups in total. The Labute approximate surface area is 141 Å². The zero-order valence-electron chi connectivity index (χ0n) is 12.8. The van der Waals surface area contributed by atoms with E-state index in [1.54, 1.807) is 24.3 Å². The lowest BCUT2D eigenvalue weighted by molar-refractivity contribution is -0.139. The molecule has 0 fully saturated rings. The van der Waals surface area contributed by atoms with Crippen LogP contribution in [-0.4, -0.2) is 25.0 Å². The summed E-state index contributed by atoms with van der Waals surface area (Å²) in [6.45, 7) is -0.838. The summed E-state index contributed by atoms with van der Waals surface area (Å²) < 4.78 is 43.9. The number of nitrogens with one attached hydrogen (secondary N) is 1. The molecule has 0 spiro atoms. The first-order valence-electron chi connectivity index (χ1n) is 7.34. The van der Waals surface area contributed by atoms with Crippen LogP contribution in [0.1, 0.15) is 5.56 Å². The van der Waals surface area contributed by atoms with Crippen LogP contribution in [0.15, 0.2) is 48.5 Å². The molecular formula is C17H13F3N2O3. The van der Waals surface area contributed by atoms with E-state index < -0.39 is 30.0 Å². The third kappa shape index (κ3) is 3.57. The van der Waals surface area contributed by atoms with Crippen molar-refractivity contribution in [1.29, 1.82) is 0 Å². The van der Waals surface area contributed by atoms with Gasteiger partial charge in [0.1, 0.15) is 12.3 Å². The summed E-state index contributed by atoms with van der Waals surface area (Å²) >= 11 is 0. The number of hydrogen-bond acceptors (Lipinski definition) is 3. The zero-order chi connectivity index (χ0) is 18.0. The molecule has 0 bridgehead atoms. The Morgan fingerprint density at radius 3 is 2.56 bits per heavy atom. The highest BCUT2D eigenvalue weighted by molar-refractivity contribution is 6.10. The maximum Gasteiger partial charge on any atom is 0.419 e. The van der Waals surface area contributed by atoms with Crippen molar-refractivity contribution in [1.82, 2.24) is 0 Å². The molecule has 0 aromatic heterocycles. The van der Waals surface area contributed by atoms with E-state index in [-0.39, 0.29) is 12.5 Å². The van der Waals surface area contributed by atoms with Gasteiger partial charge in [-0.1, -0.05) is 24.3 Å². The van der Waals surface area contributed by atoms with Crippen molar-refractivity contribution in [2.45, 2.75) is 6.18 Å². The fraction of sp³-hybridized carbons (Fsp3) is 0.176. The van der Waals surface area contributed by atoms with Crippen LogP contribution in [0.5, 0.6) is 5.75 Å². The topological polar surface area (TPSA) is 58.6 Å². The van der Waals surface area contributed by atoms with Crippen LogP contribution >= 0.6 is 0 Å². The molecular weight excluding hydrogens is 337 g/mol. The van der Waals surface area contributed by atoms with E-state index in [4.69, 9.17) is 4.74 Å². The molecule has 2 amide bonds. The Morgan fingerprint density at radius 1 is 1.12 bits per heavy atom. The lowest BCUT2D eigenvalue weighted by Crippen LogP contribution is -2.44. The number of rotatable bonds is 3. The molecule has 5 nitrogen and oxygen atoms in total. The van der Waals surface area contributed by atoms with Crippen molar-refractivity contribution >= 4 is 23.2 Å². The first-order valence-corrected chi connectivity index (χ1v) is 7.34. The van der Waals surface area contributed by atoms with Crippen LogP contribution in [0.3, 0.4) is 0 Å². The fourth-order valence-electron chi connectivity index (χ4n) is 2.50. The number of halogens is 3. The van der Waals surface area contributed by atoms with Crippen molar-refractivity contribution < 1.29 is 27.5 Å². The van der Waals surface area contributed by atoms with Gasteiger partial charge in [-0.05, 0) is 24.3 Å². The van der Waals surface area contributed by atoms with Gasteiger partial charge in [-0.15, -0.1) is 0 Å². The number of ether oxygens (including phenoxy) is 1. The molecule has 0 saturated heterocycles. The number of amides is 2. The van der Waals surface area contributed by atoms with Gasteiger partial charge < -0.3 is 10.1 Å². The van der Waals surface area contributed by atoms with Crippen molar-refractivity contribution in [3.63, 3.8) is 0 Å². The molecule has 0 unspecified atom stereocenters. The molecule has 1 aliphatic rings. The highest BCUT2D eigenvalue weighted by Crippen LogP contribution is 2.36. The minimum absolute atomic E-state index is 0.222. The summed E-state index contributed by atoms with van der Waals surface area (Å²) in [6, 6.07) is 11.3. The summed E-state index contributed by atoms with van der Waals surface area (Å²) in [5.41, 5.74) is -0.0258. The normalized spacial score (nSPS) is 13.9. The number of nitrogens with zero attached hydrogens (tertiary/aromatic N) is 1. The number of para-hydroxylation sites is 3. The molecule has 0 aliphatic carbocycles. The highest BCUT2D eigenvalue weighted by atomic mass is 19.4. The Kier molecular flexibility index (Phi) is 4.35. The number of carbonyl (C=O) groups is 2. The van der Waals surface area contributed by atoms with E-state index >= 15 is 0 Å². The van der Waals surface area contributed by atoms with Crippen molar-refractivity contribution in [2.75, 3.05) is 23.4 Å². The average molecular weight is 350 g/mol. The highest BCUT2D eigenvalue weighted by Gasteiger charge is 2.34.